The highest BCUT2D eigenvalue weighted by Gasteiger charge is 2.29. The zero-order chi connectivity index (χ0) is 34.6. The van der Waals surface area contributed by atoms with Crippen molar-refractivity contribution in [1.82, 2.24) is 4.90 Å². The maximum absolute atomic E-state index is 12.8. The van der Waals surface area contributed by atoms with Crippen LogP contribution in [0.2, 0.25) is 0 Å². The Balaban J connectivity index is 2.29. The van der Waals surface area contributed by atoms with Gasteiger partial charge in [-0.25, -0.2) is 4.57 Å². The number of nitrogens with zero attached hydrogens (tertiary/aromatic N) is 2. The molecule has 47 heavy (non-hydrogen) atoms. The van der Waals surface area contributed by atoms with Gasteiger partial charge in [-0.15, -0.1) is 0 Å². The van der Waals surface area contributed by atoms with Crippen LogP contribution in [0.1, 0.15) is 135 Å². The highest BCUT2D eigenvalue weighted by atomic mass is 31.2. The van der Waals surface area contributed by atoms with E-state index in [0.717, 1.165) is 18.4 Å². The van der Waals surface area contributed by atoms with Crippen molar-refractivity contribution in [2.75, 3.05) is 60.6 Å². The first-order chi connectivity index (χ1) is 22.5. The second kappa shape index (κ2) is 27.5. The number of phosphoric ester groups is 1. The van der Waals surface area contributed by atoms with Crippen LogP contribution in [0.25, 0.3) is 0 Å². The molecule has 1 aromatic carbocycles. The average molecular weight is 684 g/mol. The first-order valence-corrected chi connectivity index (χ1v) is 20.4. The Morgan fingerprint density at radius 2 is 1.28 bits per heavy atom. The normalized spacial score (nSPS) is 13.8. The number of carbonyl (C=O) groups is 1. The van der Waals surface area contributed by atoms with Crippen molar-refractivity contribution in [2.45, 2.75) is 142 Å². The standard InChI is InChI=1S/C38H71N2O6P/c1-6-7-8-9-10-11-12-13-14-15-16-17-18-19-20-21-22-26-32-44-35-38(46-47(42,43)45-33-31-40(3,4)5)34-39(36(2)41)30-29-37-27-24-23-25-28-37/h23-25,27-28,38H,6-22,26,29-35H2,1-5H3/p+1. The average Bonchev–Trinajstić information content (AvgIpc) is 3.01. The van der Waals surface area contributed by atoms with E-state index in [1.807, 2.05) is 51.5 Å². The lowest BCUT2D eigenvalue weighted by Crippen LogP contribution is -2.40. The van der Waals surface area contributed by atoms with Crippen molar-refractivity contribution in [3.05, 3.63) is 35.9 Å². The number of hydrogen-bond acceptors (Lipinski definition) is 5. The molecule has 274 valence electrons. The molecule has 1 aromatic rings. The predicted molar refractivity (Wildman–Crippen MR) is 196 cm³/mol. The second-order valence-corrected chi connectivity index (χ2v) is 15.7. The summed E-state index contributed by atoms with van der Waals surface area (Å²) in [6, 6.07) is 9.97. The highest BCUT2D eigenvalue weighted by molar-refractivity contribution is 7.47. The van der Waals surface area contributed by atoms with Crippen LogP contribution in [-0.4, -0.2) is 86.9 Å². The number of likely N-dealkylation sites (N-methyl/N-ethyl adjacent to an activating group) is 1. The third kappa shape index (κ3) is 27.3. The van der Waals surface area contributed by atoms with Gasteiger partial charge in [-0.1, -0.05) is 146 Å². The second-order valence-electron chi connectivity index (χ2n) is 14.3. The third-order valence-corrected chi connectivity index (χ3v) is 9.70. The van der Waals surface area contributed by atoms with Crippen LogP contribution >= 0.6 is 7.82 Å². The summed E-state index contributed by atoms with van der Waals surface area (Å²) in [5, 5.41) is 0. The fourth-order valence-corrected chi connectivity index (χ4v) is 6.50. The molecule has 0 aliphatic heterocycles. The molecule has 2 atom stereocenters. The molecule has 0 bridgehead atoms. The van der Waals surface area contributed by atoms with Gasteiger partial charge in [0.1, 0.15) is 19.3 Å². The Labute approximate surface area is 289 Å². The van der Waals surface area contributed by atoms with Crippen LogP contribution in [0.15, 0.2) is 30.3 Å². The number of benzene rings is 1. The number of unbranched alkanes of at least 4 members (excludes halogenated alkanes) is 17. The lowest BCUT2D eigenvalue weighted by atomic mass is 10.0. The number of hydrogen-bond donors (Lipinski definition) is 1. The number of quaternary nitrogens is 1. The summed E-state index contributed by atoms with van der Waals surface area (Å²) >= 11 is 0. The van der Waals surface area contributed by atoms with Crippen LogP contribution in [0.4, 0.5) is 0 Å². The Bertz CT molecular complexity index is 926. The van der Waals surface area contributed by atoms with E-state index < -0.39 is 13.9 Å². The zero-order valence-electron chi connectivity index (χ0n) is 31.0. The number of phosphoric acid groups is 1. The summed E-state index contributed by atoms with van der Waals surface area (Å²) in [5.41, 5.74) is 1.12. The molecular formula is C38H72N2O6P+. The van der Waals surface area contributed by atoms with Crippen molar-refractivity contribution >= 4 is 13.7 Å². The fraction of sp³-hybridized carbons (Fsp3) is 0.816. The highest BCUT2D eigenvalue weighted by Crippen LogP contribution is 2.44. The largest absolute Gasteiger partial charge is 0.472 e. The molecule has 0 radical (unpaired) electrons. The summed E-state index contributed by atoms with van der Waals surface area (Å²) < 4.78 is 30.2. The quantitative estimate of drug-likeness (QED) is 0.0463. The van der Waals surface area contributed by atoms with Crippen LogP contribution in [-0.2, 0) is 29.6 Å². The van der Waals surface area contributed by atoms with Gasteiger partial charge >= 0.3 is 7.82 Å². The molecule has 0 fully saturated rings. The van der Waals surface area contributed by atoms with E-state index in [0.29, 0.717) is 30.6 Å². The van der Waals surface area contributed by atoms with Gasteiger partial charge in [0, 0.05) is 26.6 Å². The summed E-state index contributed by atoms with van der Waals surface area (Å²) in [4.78, 5) is 24.6. The van der Waals surface area contributed by atoms with Gasteiger partial charge in [0.25, 0.3) is 0 Å². The number of amides is 1. The maximum Gasteiger partial charge on any atom is 0.472 e. The first-order valence-electron chi connectivity index (χ1n) is 18.9. The molecule has 0 aliphatic rings. The summed E-state index contributed by atoms with van der Waals surface area (Å²) in [6.07, 6.45) is 23.8. The molecule has 8 nitrogen and oxygen atoms in total. The lowest BCUT2D eigenvalue weighted by molar-refractivity contribution is -0.870. The van der Waals surface area contributed by atoms with Crippen LogP contribution < -0.4 is 0 Å². The molecular weight excluding hydrogens is 611 g/mol. The van der Waals surface area contributed by atoms with Crippen molar-refractivity contribution in [3.63, 3.8) is 0 Å². The minimum Gasteiger partial charge on any atom is -0.379 e. The summed E-state index contributed by atoms with van der Waals surface area (Å²) in [6.45, 7) is 5.76. The topological polar surface area (TPSA) is 85.3 Å². The zero-order valence-corrected chi connectivity index (χ0v) is 31.9. The van der Waals surface area contributed by atoms with Crippen molar-refractivity contribution in [2.24, 2.45) is 0 Å². The summed E-state index contributed by atoms with van der Waals surface area (Å²) in [5.74, 6) is -0.114. The van der Waals surface area contributed by atoms with E-state index in [4.69, 9.17) is 13.8 Å². The summed E-state index contributed by atoms with van der Waals surface area (Å²) in [7, 11) is 1.64. The molecule has 9 heteroatoms. The minimum atomic E-state index is -4.32. The Kier molecular flexibility index (Phi) is 25.6. The first kappa shape index (κ1) is 43.7. The monoisotopic (exact) mass is 684 g/mol. The Hall–Kier alpha value is -1.28. The molecule has 0 saturated heterocycles. The SMILES string of the molecule is CCCCCCCCCCCCCCCCCCCCOCC(CN(CCc1ccccc1)C(C)=O)OP(=O)(O)OCC[N+](C)(C)C. The van der Waals surface area contributed by atoms with Gasteiger partial charge in [0.05, 0.1) is 27.7 Å². The van der Waals surface area contributed by atoms with E-state index in [1.54, 1.807) is 4.90 Å². The Morgan fingerprint density at radius 3 is 1.74 bits per heavy atom. The van der Waals surface area contributed by atoms with Crippen LogP contribution in [0.3, 0.4) is 0 Å². The molecule has 0 saturated carbocycles. The van der Waals surface area contributed by atoms with E-state index in [2.05, 4.69) is 6.92 Å². The van der Waals surface area contributed by atoms with Crippen LogP contribution in [0.5, 0.6) is 0 Å². The molecule has 0 aromatic heterocycles. The number of rotatable bonds is 32. The molecule has 1 rings (SSSR count). The van der Waals surface area contributed by atoms with Gasteiger partial charge in [-0.3, -0.25) is 13.8 Å². The number of ether oxygens (including phenoxy) is 1. The van der Waals surface area contributed by atoms with Gasteiger partial charge in [-0.2, -0.15) is 0 Å². The number of carbonyl (C=O) groups excluding carboxylic acids is 1. The molecule has 2 unspecified atom stereocenters. The molecule has 0 heterocycles. The smallest absolute Gasteiger partial charge is 0.379 e. The molecule has 1 N–H and O–H groups in total. The molecule has 1 amide bonds. The maximum atomic E-state index is 12.8. The van der Waals surface area contributed by atoms with E-state index in [1.165, 1.54) is 110 Å². The lowest BCUT2D eigenvalue weighted by Gasteiger charge is -2.28. The van der Waals surface area contributed by atoms with Gasteiger partial charge in [0.15, 0.2) is 0 Å². The van der Waals surface area contributed by atoms with Crippen molar-refractivity contribution < 1.29 is 32.5 Å². The molecule has 0 aliphatic carbocycles. The van der Waals surface area contributed by atoms with Crippen molar-refractivity contribution in [3.8, 4) is 0 Å². The van der Waals surface area contributed by atoms with Gasteiger partial charge in [0.2, 0.25) is 5.91 Å². The Morgan fingerprint density at radius 1 is 0.787 bits per heavy atom. The van der Waals surface area contributed by atoms with Gasteiger partial charge < -0.3 is 19.0 Å². The fourth-order valence-electron chi connectivity index (χ4n) is 5.62. The van der Waals surface area contributed by atoms with Gasteiger partial charge in [-0.05, 0) is 18.4 Å². The third-order valence-electron chi connectivity index (χ3n) is 8.63. The predicted octanol–water partition coefficient (Wildman–Crippen LogP) is 9.34. The molecule has 0 spiro atoms. The van der Waals surface area contributed by atoms with E-state index in [9.17, 15) is 14.3 Å². The van der Waals surface area contributed by atoms with Crippen molar-refractivity contribution in [1.29, 1.82) is 0 Å². The van der Waals surface area contributed by atoms with E-state index >= 15 is 0 Å². The minimum absolute atomic E-state index is 0.0919. The van der Waals surface area contributed by atoms with Crippen LogP contribution in [0, 0.1) is 0 Å². The van der Waals surface area contributed by atoms with E-state index in [-0.39, 0.29) is 25.7 Å².